The fraction of sp³-hybridized carbons (Fsp3) is 1.00. The van der Waals surface area contributed by atoms with E-state index in [0.717, 1.165) is 0 Å². The minimum atomic E-state index is 0.607. The molecule has 1 saturated heterocycles. The van der Waals surface area contributed by atoms with Crippen LogP contribution in [0, 0.1) is 47.3 Å². The number of rotatable bonds is 22. The van der Waals surface area contributed by atoms with E-state index in [1.165, 1.54) is 24.3 Å². The van der Waals surface area contributed by atoms with Gasteiger partial charge in [-0.15, -0.1) is 0 Å². The summed E-state index contributed by atoms with van der Waals surface area (Å²) in [6.45, 7) is 55.6. The molecule has 0 radical (unpaired) electrons. The molecular formula is C48H96S8. The average Bonchev–Trinajstić information content (AvgIpc) is 3.09. The minimum Gasteiger partial charge on any atom is -0.157 e. The molecule has 56 heavy (non-hydrogen) atoms. The lowest BCUT2D eigenvalue weighted by Gasteiger charge is -2.46. The Kier molecular flexibility index (Phi) is 29.0. The van der Waals surface area contributed by atoms with Crippen LogP contribution in [-0.2, 0) is 0 Å². The molecule has 1 aliphatic heterocycles. The summed E-state index contributed by atoms with van der Waals surface area (Å²) in [7, 11) is 0. The first kappa shape index (κ1) is 56.8. The van der Waals surface area contributed by atoms with E-state index < -0.39 is 0 Å². The van der Waals surface area contributed by atoms with Crippen LogP contribution in [0.25, 0.3) is 0 Å². The van der Waals surface area contributed by atoms with E-state index in [4.69, 9.17) is 0 Å². The van der Waals surface area contributed by atoms with E-state index >= 15 is 0 Å². The Morgan fingerprint density at radius 1 is 0.357 bits per heavy atom. The summed E-state index contributed by atoms with van der Waals surface area (Å²) in [6, 6.07) is 0. The molecule has 0 N–H and O–H groups in total. The molecule has 336 valence electrons. The normalized spacial score (nSPS) is 29.7. The molecule has 1 rings (SSSR count). The Hall–Kier alpha value is 2.80. The van der Waals surface area contributed by atoms with E-state index in [1.54, 1.807) is 0 Å². The third-order valence-corrected chi connectivity index (χ3v) is 28.7. The van der Waals surface area contributed by atoms with Gasteiger partial charge in [0.05, 0.1) is 0 Å². The average molecular weight is 930 g/mol. The molecule has 0 nitrogen and oxygen atoms in total. The van der Waals surface area contributed by atoms with Gasteiger partial charge in [0.1, 0.15) is 0 Å². The van der Waals surface area contributed by atoms with Crippen LogP contribution in [0.1, 0.15) is 165 Å². The van der Waals surface area contributed by atoms with Crippen LogP contribution in [0.2, 0.25) is 0 Å². The van der Waals surface area contributed by atoms with Crippen LogP contribution in [0.15, 0.2) is 0 Å². The molecule has 14 atom stereocenters. The molecule has 0 aromatic rings. The molecule has 1 aliphatic rings. The van der Waals surface area contributed by atoms with Crippen LogP contribution in [0.4, 0.5) is 0 Å². The summed E-state index contributed by atoms with van der Waals surface area (Å²) in [5, 5.41) is 9.08. The molecule has 0 spiro atoms. The second-order valence-corrected chi connectivity index (χ2v) is 31.2. The van der Waals surface area contributed by atoms with Gasteiger partial charge in [-0.25, -0.2) is 0 Å². The summed E-state index contributed by atoms with van der Waals surface area (Å²) >= 11 is 19.1. The highest BCUT2D eigenvalue weighted by Gasteiger charge is 2.45. The van der Waals surface area contributed by atoms with E-state index in [2.05, 4.69) is 246 Å². The van der Waals surface area contributed by atoms with E-state index in [0.29, 0.717) is 121 Å². The minimum absolute atomic E-state index is 0.607. The van der Waals surface area contributed by atoms with Crippen molar-refractivity contribution in [2.24, 2.45) is 47.3 Å². The van der Waals surface area contributed by atoms with Gasteiger partial charge in [0.15, 0.2) is 0 Å². The van der Waals surface area contributed by atoms with Crippen molar-refractivity contribution in [1.29, 1.82) is 0 Å². The van der Waals surface area contributed by atoms with Crippen LogP contribution >= 0.6 is 94.1 Å². The largest absolute Gasteiger partial charge is 0.157 e. The number of hydrogen-bond donors (Lipinski definition) is 0. The van der Waals surface area contributed by atoms with Gasteiger partial charge in [-0.3, -0.25) is 0 Å². The zero-order valence-electron chi connectivity index (χ0n) is 40.8. The van der Waals surface area contributed by atoms with Crippen molar-refractivity contribution in [3.05, 3.63) is 0 Å². The summed E-state index contributed by atoms with van der Waals surface area (Å²) in [5.41, 5.74) is 0. The first-order valence-corrected chi connectivity index (χ1v) is 31.0. The van der Waals surface area contributed by atoms with Gasteiger partial charge in [-0.05, 0) is 71.7 Å². The predicted octanol–water partition coefficient (Wildman–Crippen LogP) is 17.2. The lowest BCUT2D eigenvalue weighted by atomic mass is 9.99. The zero-order chi connectivity index (χ0) is 43.2. The van der Waals surface area contributed by atoms with E-state index in [-0.39, 0.29) is 0 Å². The van der Waals surface area contributed by atoms with Gasteiger partial charge >= 0.3 is 0 Å². The molecule has 0 aromatic carbocycles. The molecule has 0 amide bonds. The maximum atomic E-state index is 2.66. The molecular weight excluding hydrogens is 833 g/mol. The molecule has 8 heteroatoms. The molecule has 1 fully saturated rings. The summed E-state index contributed by atoms with van der Waals surface area (Å²) in [5.74, 6) is 7.76. The Bertz CT molecular complexity index is 920. The van der Waals surface area contributed by atoms with Gasteiger partial charge in [-0.2, -0.15) is 94.1 Å². The SMILES string of the molecule is CCSC(C(C)C)C(S[C@@H](CC)[C@H]1SC(C(C)C)C(C(C)C)S[C@H]([C@@H](CC)SC(C(C)C)C(SCC)C(C)C)[C@@H](C)SC(C(C)C)C(C(C)C)S[C@@H]1C)C(C)C. The highest BCUT2D eigenvalue weighted by atomic mass is 32.2. The fourth-order valence-electron chi connectivity index (χ4n) is 8.63. The molecule has 0 aliphatic carbocycles. The molecule has 0 saturated carbocycles. The standard InChI is InChI=1S/C48H96S8/c1-23-37(53-41(29(9)10)39(27(5)6)49-25-3)47-35(21)51-43(31(13)14)44(32(15)16)52-36(22)48(56-46(34(19)20)45(55-47)33(17)18)38(24-2)54-42(30(11)12)40(28(7)8)50-26-4/h27-48H,23-26H2,1-22H3/t35-,36-,37-,38+,39?,40?,41?,42?,43?,44?,45?,46?,47+,48+/m1/s1. The molecule has 8 unspecified atom stereocenters. The van der Waals surface area contributed by atoms with Crippen LogP contribution in [0.5, 0.6) is 0 Å². The molecule has 0 bridgehead atoms. The van der Waals surface area contributed by atoms with Crippen molar-refractivity contribution in [1.82, 2.24) is 0 Å². The highest BCUT2D eigenvalue weighted by molar-refractivity contribution is 8.10. The van der Waals surface area contributed by atoms with Gasteiger partial charge < -0.3 is 0 Å². The summed E-state index contributed by atoms with van der Waals surface area (Å²) in [6.07, 6.45) is 2.52. The van der Waals surface area contributed by atoms with Crippen molar-refractivity contribution in [2.45, 2.75) is 239 Å². The topological polar surface area (TPSA) is 0 Å². The lowest BCUT2D eigenvalue weighted by molar-refractivity contribution is 0.491. The number of thioether (sulfide) groups is 8. The second kappa shape index (κ2) is 28.6. The first-order valence-electron chi connectivity index (χ1n) is 23.2. The van der Waals surface area contributed by atoms with E-state index in [9.17, 15) is 0 Å². The zero-order valence-corrected chi connectivity index (χ0v) is 47.3. The van der Waals surface area contributed by atoms with E-state index in [1.807, 2.05) is 0 Å². The van der Waals surface area contributed by atoms with Crippen molar-refractivity contribution < 1.29 is 0 Å². The molecule has 1 heterocycles. The quantitative estimate of drug-likeness (QED) is 0.104. The number of hydrogen-bond acceptors (Lipinski definition) is 8. The maximum absolute atomic E-state index is 2.66. The Labute approximate surface area is 388 Å². The first-order chi connectivity index (χ1) is 26.1. The van der Waals surface area contributed by atoms with Gasteiger partial charge in [-0.1, -0.05) is 152 Å². The smallest absolute Gasteiger partial charge is 0.0286 e. The maximum Gasteiger partial charge on any atom is 0.0286 e. The monoisotopic (exact) mass is 929 g/mol. The van der Waals surface area contributed by atoms with Gasteiger partial charge in [0.2, 0.25) is 0 Å². The van der Waals surface area contributed by atoms with Gasteiger partial charge in [0, 0.05) is 73.5 Å². The predicted molar refractivity (Wildman–Crippen MR) is 285 cm³/mol. The lowest BCUT2D eigenvalue weighted by Crippen LogP contribution is -2.45. The van der Waals surface area contributed by atoms with Crippen molar-refractivity contribution in [3.8, 4) is 0 Å². The summed E-state index contributed by atoms with van der Waals surface area (Å²) < 4.78 is 0. The Balaban J connectivity index is 4.07. The van der Waals surface area contributed by atoms with Gasteiger partial charge in [0.25, 0.3) is 0 Å². The fourth-order valence-corrected chi connectivity index (χ4v) is 24.8. The third kappa shape index (κ3) is 17.4. The van der Waals surface area contributed by atoms with Crippen LogP contribution in [0.3, 0.4) is 0 Å². The molecule has 0 aromatic heterocycles. The van der Waals surface area contributed by atoms with Crippen molar-refractivity contribution >= 4 is 94.1 Å². The second-order valence-electron chi connectivity index (χ2n) is 19.6. The van der Waals surface area contributed by atoms with Crippen LogP contribution in [-0.4, -0.2) is 85.0 Å². The Morgan fingerprint density at radius 2 is 0.607 bits per heavy atom. The van der Waals surface area contributed by atoms with Crippen LogP contribution < -0.4 is 0 Å². The highest BCUT2D eigenvalue weighted by Crippen LogP contribution is 2.53. The van der Waals surface area contributed by atoms with Crippen molar-refractivity contribution in [2.75, 3.05) is 11.5 Å². The van der Waals surface area contributed by atoms with Crippen molar-refractivity contribution in [3.63, 3.8) is 0 Å². The third-order valence-electron chi connectivity index (χ3n) is 11.8. The Morgan fingerprint density at radius 3 is 0.804 bits per heavy atom. The summed E-state index contributed by atoms with van der Waals surface area (Å²) in [4.78, 5) is 0.